The zero-order valence-electron chi connectivity index (χ0n) is 5.17. The fourth-order valence-electron chi connectivity index (χ4n) is 0.501. The Kier molecular flexibility index (Phi) is 1.26. The lowest BCUT2D eigenvalue weighted by Crippen LogP contribution is -2.34. The lowest BCUT2D eigenvalue weighted by molar-refractivity contribution is -0.568. The minimum absolute atomic E-state index is 0.0532. The van der Waals surface area contributed by atoms with Crippen molar-refractivity contribution in [2.75, 3.05) is 11.6 Å². The first-order valence-electron chi connectivity index (χ1n) is 2.41. The molecule has 9 nitrogen and oxygen atoms in total. The summed E-state index contributed by atoms with van der Waals surface area (Å²) in [6, 6.07) is 0. The van der Waals surface area contributed by atoms with Crippen LogP contribution in [0.15, 0.2) is 4.79 Å². The van der Waals surface area contributed by atoms with Gasteiger partial charge >= 0.3 is 11.4 Å². The Hall–Kier alpha value is -2.06. The van der Waals surface area contributed by atoms with Gasteiger partial charge < -0.3 is 15.8 Å². The predicted octanol–water partition coefficient (Wildman–Crippen LogP) is -2.62. The molecule has 0 aromatic carbocycles. The molecule has 0 aliphatic rings. The second kappa shape index (κ2) is 1.97. The zero-order chi connectivity index (χ0) is 8.59. The van der Waals surface area contributed by atoms with Crippen LogP contribution in [0.1, 0.15) is 0 Å². The molecule has 0 radical (unpaired) electrons. The number of rotatable bonds is 1. The largest absolute Gasteiger partial charge is 0.410 e. The van der Waals surface area contributed by atoms with Gasteiger partial charge in [-0.2, -0.15) is 0 Å². The molecule has 60 valence electrons. The summed E-state index contributed by atoms with van der Waals surface area (Å²) in [6.45, 7) is 0. The molecule has 0 amide bonds. The minimum Gasteiger partial charge on any atom is -0.372 e. The van der Waals surface area contributed by atoms with E-state index in [-0.39, 0.29) is 9.70 Å². The molecule has 0 saturated carbocycles. The molecule has 0 unspecified atom stereocenters. The van der Waals surface area contributed by atoms with Crippen molar-refractivity contribution in [1.29, 1.82) is 0 Å². The Labute approximate surface area is 58.9 Å². The Morgan fingerprint density at radius 3 is 2.36 bits per heavy atom. The van der Waals surface area contributed by atoms with E-state index in [1.54, 1.807) is 0 Å². The van der Waals surface area contributed by atoms with Crippen LogP contribution in [-0.4, -0.2) is 19.8 Å². The van der Waals surface area contributed by atoms with Crippen molar-refractivity contribution in [3.63, 3.8) is 0 Å². The molecule has 0 aliphatic heterocycles. The van der Waals surface area contributed by atoms with Crippen LogP contribution in [0.5, 0.6) is 0 Å². The van der Waals surface area contributed by atoms with Gasteiger partial charge in [-0.15, -0.1) is 0 Å². The highest BCUT2D eigenvalue weighted by atomic mass is 16.7. The van der Waals surface area contributed by atoms with Gasteiger partial charge in [0.25, 0.3) is 0 Å². The van der Waals surface area contributed by atoms with Gasteiger partial charge in [0.1, 0.15) is 4.91 Å². The summed E-state index contributed by atoms with van der Waals surface area (Å²) in [4.78, 5) is 20.9. The Morgan fingerprint density at radius 2 is 2.18 bits per heavy atom. The molecule has 0 aliphatic carbocycles. The summed E-state index contributed by atoms with van der Waals surface area (Å²) in [5.74, 6) is 4.38. The van der Waals surface area contributed by atoms with E-state index in [0.717, 1.165) is 0 Å². The molecule has 0 spiro atoms. The third kappa shape index (κ3) is 0.870. The first-order chi connectivity index (χ1) is 5.04. The monoisotopic (exact) mass is 160 g/mol. The average molecular weight is 160 g/mol. The van der Waals surface area contributed by atoms with Crippen LogP contribution in [0.3, 0.4) is 0 Å². The van der Waals surface area contributed by atoms with Crippen LogP contribution in [0.2, 0.25) is 0 Å². The third-order valence-electron chi connectivity index (χ3n) is 0.963. The number of hydrogen-bond donors (Lipinski definition) is 2. The maximum atomic E-state index is 10.6. The molecule has 0 saturated heterocycles. The minimum atomic E-state index is -0.974. The number of nitrogens with two attached hydrogens (primary N) is 2. The Balaban J connectivity index is 3.42. The first-order valence-corrected chi connectivity index (χ1v) is 2.41. The van der Waals surface area contributed by atoms with Gasteiger partial charge in [0, 0.05) is 10.1 Å². The van der Waals surface area contributed by atoms with Crippen LogP contribution in [-0.2, 0) is 0 Å². The molecule has 1 rings (SSSR count). The SMILES string of the molecule is Nc1nn([N+](=O)[O-])n(N)c1=O. The maximum Gasteiger partial charge on any atom is 0.410 e. The highest BCUT2D eigenvalue weighted by Gasteiger charge is 2.17. The van der Waals surface area contributed by atoms with Gasteiger partial charge in [0.05, 0.1) is 0 Å². The van der Waals surface area contributed by atoms with E-state index in [1.165, 1.54) is 0 Å². The number of nitrogens with zero attached hydrogens (tertiary/aromatic N) is 4. The van der Waals surface area contributed by atoms with Crippen molar-refractivity contribution in [1.82, 2.24) is 14.8 Å². The van der Waals surface area contributed by atoms with Crippen molar-refractivity contribution in [3.8, 4) is 0 Å². The summed E-state index contributed by atoms with van der Waals surface area (Å²) < 4.78 is 0. The third-order valence-corrected chi connectivity index (χ3v) is 0.963. The van der Waals surface area contributed by atoms with Crippen molar-refractivity contribution < 1.29 is 5.03 Å². The fourth-order valence-corrected chi connectivity index (χ4v) is 0.501. The topological polar surface area (TPSA) is 135 Å². The van der Waals surface area contributed by atoms with Gasteiger partial charge in [-0.3, -0.25) is 5.84 Å². The number of aromatic nitrogens is 3. The summed E-state index contributed by atoms with van der Waals surface area (Å²) in [6.07, 6.45) is 0. The van der Waals surface area contributed by atoms with Crippen LogP contribution in [0.4, 0.5) is 5.82 Å². The highest BCUT2D eigenvalue weighted by Crippen LogP contribution is 1.82. The van der Waals surface area contributed by atoms with Crippen molar-refractivity contribution in [3.05, 3.63) is 20.5 Å². The lowest BCUT2D eigenvalue weighted by atomic mass is 10.8. The summed E-state index contributed by atoms with van der Waals surface area (Å²) >= 11 is 0. The first kappa shape index (κ1) is 7.05. The molecule has 1 heterocycles. The van der Waals surface area contributed by atoms with Crippen LogP contribution < -0.4 is 17.1 Å². The number of hydrogen-bond acceptors (Lipinski definition) is 6. The van der Waals surface area contributed by atoms with Crippen LogP contribution >= 0.6 is 0 Å². The average Bonchev–Trinajstić information content (AvgIpc) is 2.17. The molecule has 0 bridgehead atoms. The van der Waals surface area contributed by atoms with E-state index in [4.69, 9.17) is 11.6 Å². The Morgan fingerprint density at radius 1 is 1.64 bits per heavy atom. The molecule has 1 aromatic heterocycles. The van der Waals surface area contributed by atoms with Gasteiger partial charge in [-0.1, -0.05) is 0 Å². The second-order valence-electron chi connectivity index (χ2n) is 1.64. The number of nitro groups is 1. The van der Waals surface area contributed by atoms with E-state index in [9.17, 15) is 14.9 Å². The van der Waals surface area contributed by atoms with Crippen molar-refractivity contribution in [2.45, 2.75) is 0 Å². The highest BCUT2D eigenvalue weighted by molar-refractivity contribution is 5.20. The summed E-state index contributed by atoms with van der Waals surface area (Å²) in [5.41, 5.74) is 4.03. The summed E-state index contributed by atoms with van der Waals surface area (Å²) in [5, 5.41) is 12.1. The van der Waals surface area contributed by atoms with E-state index >= 15 is 0 Å². The fraction of sp³-hybridized carbons (Fsp3) is 0. The number of nitrogen functional groups attached to an aromatic ring is 2. The molecular formula is C2H4N6O3. The predicted molar refractivity (Wildman–Crippen MR) is 33.4 cm³/mol. The normalized spacial score (nSPS) is 9.82. The van der Waals surface area contributed by atoms with E-state index in [0.29, 0.717) is 0 Å². The lowest BCUT2D eigenvalue weighted by Gasteiger charge is -1.92. The van der Waals surface area contributed by atoms with E-state index in [2.05, 4.69) is 5.10 Å². The second-order valence-corrected chi connectivity index (χ2v) is 1.64. The smallest absolute Gasteiger partial charge is 0.372 e. The Bertz CT molecular complexity index is 347. The summed E-state index contributed by atoms with van der Waals surface area (Å²) in [7, 11) is 0. The molecular weight excluding hydrogens is 156 g/mol. The van der Waals surface area contributed by atoms with Gasteiger partial charge in [-0.25, -0.2) is 4.79 Å². The number of anilines is 1. The quantitative estimate of drug-likeness (QED) is 0.262. The molecule has 0 atom stereocenters. The molecule has 9 heteroatoms. The standard InChI is InChI=1S/C2H4N6O3/c3-1-2(9)6(4)7(5-1)8(10)11/h4H2,(H2,3,5). The van der Waals surface area contributed by atoms with Gasteiger partial charge in [0.15, 0.2) is 0 Å². The van der Waals surface area contributed by atoms with E-state index in [1.807, 2.05) is 0 Å². The van der Waals surface area contributed by atoms with Crippen molar-refractivity contribution >= 4 is 5.82 Å². The van der Waals surface area contributed by atoms with Crippen molar-refractivity contribution in [2.24, 2.45) is 0 Å². The zero-order valence-corrected chi connectivity index (χ0v) is 5.17. The molecule has 4 N–H and O–H groups in total. The van der Waals surface area contributed by atoms with E-state index < -0.39 is 16.4 Å². The van der Waals surface area contributed by atoms with Gasteiger partial charge in [0.2, 0.25) is 0 Å². The van der Waals surface area contributed by atoms with Crippen LogP contribution in [0, 0.1) is 10.1 Å². The molecule has 1 aromatic rings. The molecule has 0 fully saturated rings. The van der Waals surface area contributed by atoms with Crippen LogP contribution in [0.25, 0.3) is 0 Å². The molecule has 11 heavy (non-hydrogen) atoms. The van der Waals surface area contributed by atoms with Gasteiger partial charge in [-0.05, 0) is 4.79 Å². The maximum absolute atomic E-state index is 10.6.